The fourth-order valence-corrected chi connectivity index (χ4v) is 5.11. The molecule has 25 heavy (non-hydrogen) atoms. The molecular formula is C19H30N4O2. The molecule has 2 heterocycles. The third kappa shape index (κ3) is 3.82. The highest BCUT2D eigenvalue weighted by Crippen LogP contribution is 2.40. The average Bonchev–Trinajstić information content (AvgIpc) is 3.08. The largest absolute Gasteiger partial charge is 0.339 e. The van der Waals surface area contributed by atoms with E-state index in [4.69, 9.17) is 4.52 Å². The van der Waals surface area contributed by atoms with Crippen LogP contribution in [0.1, 0.15) is 75.4 Å². The number of hydrogen-bond donors (Lipinski definition) is 1. The maximum atomic E-state index is 12.8. The number of aromatic nitrogens is 2. The van der Waals surface area contributed by atoms with Gasteiger partial charge in [0.05, 0.1) is 5.92 Å². The molecule has 0 unspecified atom stereocenters. The van der Waals surface area contributed by atoms with Crippen LogP contribution in [0, 0.1) is 18.8 Å². The van der Waals surface area contributed by atoms with E-state index in [1.165, 1.54) is 38.5 Å². The molecule has 1 aliphatic heterocycles. The summed E-state index contributed by atoms with van der Waals surface area (Å²) < 4.78 is 5.32. The van der Waals surface area contributed by atoms with E-state index in [1.54, 1.807) is 0 Å². The Kier molecular flexibility index (Phi) is 4.95. The molecular weight excluding hydrogens is 316 g/mol. The molecule has 0 aromatic carbocycles. The lowest BCUT2D eigenvalue weighted by atomic mass is 9.69. The summed E-state index contributed by atoms with van der Waals surface area (Å²) in [5.74, 6) is 3.28. The molecule has 0 spiro atoms. The Morgan fingerprint density at radius 2 is 1.96 bits per heavy atom. The van der Waals surface area contributed by atoms with Crippen molar-refractivity contribution in [3.8, 4) is 0 Å². The molecule has 1 aromatic rings. The number of rotatable bonds is 2. The van der Waals surface area contributed by atoms with Crippen molar-refractivity contribution in [3.63, 3.8) is 0 Å². The molecule has 2 aliphatic carbocycles. The molecule has 4 rings (SSSR count). The summed E-state index contributed by atoms with van der Waals surface area (Å²) in [5.41, 5.74) is 0. The molecule has 3 aliphatic rings. The number of nitrogens with zero attached hydrogens (tertiary/aromatic N) is 3. The maximum Gasteiger partial charge on any atom is 0.317 e. The second kappa shape index (κ2) is 7.34. The van der Waals surface area contributed by atoms with E-state index in [0.29, 0.717) is 24.3 Å². The zero-order valence-electron chi connectivity index (χ0n) is 15.2. The van der Waals surface area contributed by atoms with E-state index in [9.17, 15) is 4.79 Å². The van der Waals surface area contributed by atoms with Gasteiger partial charge in [-0.15, -0.1) is 0 Å². The Bertz CT molecular complexity index is 602. The number of aryl methyl sites for hydroxylation is 1. The van der Waals surface area contributed by atoms with Gasteiger partial charge >= 0.3 is 6.03 Å². The van der Waals surface area contributed by atoms with Gasteiger partial charge in [-0.25, -0.2) is 4.79 Å². The summed E-state index contributed by atoms with van der Waals surface area (Å²) in [7, 11) is 0. The van der Waals surface area contributed by atoms with Crippen LogP contribution in [0.5, 0.6) is 0 Å². The molecule has 3 fully saturated rings. The van der Waals surface area contributed by atoms with Crippen LogP contribution in [0.15, 0.2) is 4.52 Å². The van der Waals surface area contributed by atoms with Gasteiger partial charge in [0.25, 0.3) is 0 Å². The number of urea groups is 1. The second-order valence-electron chi connectivity index (χ2n) is 8.23. The molecule has 6 nitrogen and oxygen atoms in total. The van der Waals surface area contributed by atoms with Crippen LogP contribution in [0.3, 0.4) is 0 Å². The highest BCUT2D eigenvalue weighted by molar-refractivity contribution is 5.74. The van der Waals surface area contributed by atoms with Crippen molar-refractivity contribution in [2.45, 2.75) is 76.7 Å². The summed E-state index contributed by atoms with van der Waals surface area (Å²) >= 11 is 0. The molecule has 0 bridgehead atoms. The van der Waals surface area contributed by atoms with Crippen molar-refractivity contribution in [2.75, 3.05) is 13.1 Å². The fourth-order valence-electron chi connectivity index (χ4n) is 5.11. The Balaban J connectivity index is 1.31. The quantitative estimate of drug-likeness (QED) is 0.888. The smallest absolute Gasteiger partial charge is 0.317 e. The van der Waals surface area contributed by atoms with Crippen LogP contribution in [-0.4, -0.2) is 40.2 Å². The number of hydrogen-bond acceptors (Lipinski definition) is 4. The third-order valence-electron chi connectivity index (χ3n) is 6.47. The molecule has 2 saturated carbocycles. The first-order chi connectivity index (χ1) is 12.2. The summed E-state index contributed by atoms with van der Waals surface area (Å²) in [6, 6.07) is 0.457. The summed E-state index contributed by atoms with van der Waals surface area (Å²) in [6.45, 7) is 3.35. The number of carbonyl (C=O) groups excluding carboxylic acids is 1. The molecule has 1 N–H and O–H groups in total. The van der Waals surface area contributed by atoms with E-state index in [2.05, 4.69) is 15.5 Å². The zero-order valence-corrected chi connectivity index (χ0v) is 15.2. The predicted molar refractivity (Wildman–Crippen MR) is 94.2 cm³/mol. The van der Waals surface area contributed by atoms with Crippen molar-refractivity contribution in [3.05, 3.63) is 11.7 Å². The van der Waals surface area contributed by atoms with E-state index in [0.717, 1.165) is 37.6 Å². The van der Waals surface area contributed by atoms with Crippen LogP contribution in [-0.2, 0) is 0 Å². The Hall–Kier alpha value is -1.59. The Morgan fingerprint density at radius 1 is 1.12 bits per heavy atom. The van der Waals surface area contributed by atoms with Crippen molar-refractivity contribution in [2.24, 2.45) is 11.8 Å². The van der Waals surface area contributed by atoms with Gasteiger partial charge in [0.1, 0.15) is 0 Å². The molecule has 1 aromatic heterocycles. The molecule has 1 saturated heterocycles. The van der Waals surface area contributed by atoms with Crippen LogP contribution >= 0.6 is 0 Å². The third-order valence-corrected chi connectivity index (χ3v) is 6.47. The maximum absolute atomic E-state index is 12.8. The number of likely N-dealkylation sites (tertiary alicyclic amines) is 1. The van der Waals surface area contributed by atoms with Gasteiger partial charge in [0, 0.05) is 19.1 Å². The molecule has 0 radical (unpaired) electrons. The monoisotopic (exact) mass is 346 g/mol. The van der Waals surface area contributed by atoms with Crippen molar-refractivity contribution in [1.82, 2.24) is 20.4 Å². The molecule has 4 atom stereocenters. The summed E-state index contributed by atoms with van der Waals surface area (Å²) in [5, 5.41) is 7.21. The zero-order chi connectivity index (χ0) is 17.2. The summed E-state index contributed by atoms with van der Waals surface area (Å²) in [6.07, 6.45) is 11.2. The standard InChI is InChI=1S/C19H30N4O2/c1-13-20-18(25-22-13)16-7-4-10-23(12-16)19(24)21-17-9-8-14-5-2-3-6-15(14)11-17/h14-17H,2-12H2,1H3,(H,21,24)/t14-,15-,16+,17+/m0/s1. The topological polar surface area (TPSA) is 71.3 Å². The second-order valence-corrected chi connectivity index (χ2v) is 8.23. The highest BCUT2D eigenvalue weighted by Gasteiger charge is 2.34. The number of fused-ring (bicyclic) bond motifs is 1. The van der Waals surface area contributed by atoms with Gasteiger partial charge < -0.3 is 14.7 Å². The van der Waals surface area contributed by atoms with E-state index in [1.807, 2.05) is 11.8 Å². The normalized spacial score (nSPS) is 32.9. The van der Waals surface area contributed by atoms with Crippen LogP contribution in [0.2, 0.25) is 0 Å². The highest BCUT2D eigenvalue weighted by atomic mass is 16.5. The van der Waals surface area contributed by atoms with Crippen LogP contribution < -0.4 is 5.32 Å². The van der Waals surface area contributed by atoms with Crippen molar-refractivity contribution in [1.29, 1.82) is 0 Å². The van der Waals surface area contributed by atoms with Crippen molar-refractivity contribution < 1.29 is 9.32 Å². The SMILES string of the molecule is Cc1noc([C@@H]2CCCN(C(=O)N[C@@H]3CC[C@@H]4CCCC[C@H]4C3)C2)n1. The van der Waals surface area contributed by atoms with E-state index < -0.39 is 0 Å². The molecule has 2 amide bonds. The van der Waals surface area contributed by atoms with Gasteiger partial charge in [-0.1, -0.05) is 30.8 Å². The minimum Gasteiger partial charge on any atom is -0.339 e. The predicted octanol–water partition coefficient (Wildman–Crippen LogP) is 3.63. The number of carbonyl (C=O) groups is 1. The van der Waals surface area contributed by atoms with E-state index >= 15 is 0 Å². The van der Waals surface area contributed by atoms with Gasteiger partial charge in [-0.05, 0) is 50.9 Å². The van der Waals surface area contributed by atoms with Gasteiger partial charge in [0.15, 0.2) is 5.82 Å². The van der Waals surface area contributed by atoms with E-state index in [-0.39, 0.29) is 11.9 Å². The average molecular weight is 346 g/mol. The van der Waals surface area contributed by atoms with Gasteiger partial charge in [-0.2, -0.15) is 4.98 Å². The molecule has 6 heteroatoms. The fraction of sp³-hybridized carbons (Fsp3) is 0.842. The minimum atomic E-state index is 0.0974. The van der Waals surface area contributed by atoms with Gasteiger partial charge in [-0.3, -0.25) is 0 Å². The lowest BCUT2D eigenvalue weighted by Crippen LogP contribution is -2.50. The number of amides is 2. The minimum absolute atomic E-state index is 0.0974. The first-order valence-electron chi connectivity index (χ1n) is 10.0. The Morgan fingerprint density at radius 3 is 2.76 bits per heavy atom. The van der Waals surface area contributed by atoms with Crippen LogP contribution in [0.25, 0.3) is 0 Å². The van der Waals surface area contributed by atoms with Crippen LogP contribution in [0.4, 0.5) is 4.79 Å². The number of piperidine rings is 1. The van der Waals surface area contributed by atoms with Crippen molar-refractivity contribution >= 4 is 6.03 Å². The lowest BCUT2D eigenvalue weighted by Gasteiger charge is -2.40. The first kappa shape index (κ1) is 16.9. The Labute approximate surface area is 149 Å². The van der Waals surface area contributed by atoms with Gasteiger partial charge in [0.2, 0.25) is 5.89 Å². The first-order valence-corrected chi connectivity index (χ1v) is 10.0. The molecule has 138 valence electrons. The lowest BCUT2D eigenvalue weighted by molar-refractivity contribution is 0.132. The number of nitrogens with one attached hydrogen (secondary N) is 1. The summed E-state index contributed by atoms with van der Waals surface area (Å²) in [4.78, 5) is 19.1.